The zero-order valence-electron chi connectivity index (χ0n) is 17.1. The zero-order valence-corrected chi connectivity index (χ0v) is 17.9. The van der Waals surface area contributed by atoms with Crippen molar-refractivity contribution in [3.63, 3.8) is 0 Å². The third-order valence-electron chi connectivity index (χ3n) is 5.08. The molecule has 3 rings (SSSR count). The summed E-state index contributed by atoms with van der Waals surface area (Å²) in [6.07, 6.45) is 1.96. The van der Waals surface area contributed by atoms with Crippen molar-refractivity contribution >= 4 is 33.3 Å². The van der Waals surface area contributed by atoms with Gasteiger partial charge in [-0.15, -0.1) is 0 Å². The molecule has 1 saturated heterocycles. The Kier molecular flexibility index (Phi) is 7.61. The Morgan fingerprint density at radius 1 is 0.935 bits per heavy atom. The molecular formula is C21H27N5O4S. The van der Waals surface area contributed by atoms with E-state index in [1.807, 2.05) is 30.3 Å². The number of carbonyl (C=O) groups excluding carboxylic acids is 2. The van der Waals surface area contributed by atoms with E-state index in [-0.39, 0.29) is 22.9 Å². The largest absolute Gasteiger partial charge is 0.335 e. The topological polar surface area (TPSA) is 134 Å². The first-order chi connectivity index (χ1) is 14.8. The molecule has 9 nitrogen and oxygen atoms in total. The van der Waals surface area contributed by atoms with E-state index >= 15 is 0 Å². The van der Waals surface area contributed by atoms with Gasteiger partial charge in [-0.2, -0.15) is 0 Å². The molecule has 0 unspecified atom stereocenters. The molecule has 10 heteroatoms. The van der Waals surface area contributed by atoms with Crippen LogP contribution in [0.25, 0.3) is 0 Å². The Morgan fingerprint density at radius 3 is 2.16 bits per heavy atom. The SMILES string of the molecule is NS(=O)(=O)c1ccc(NC(=O)CCN2CCC(NC(=O)Nc3ccccc3)CC2)cc1. The minimum Gasteiger partial charge on any atom is -0.335 e. The average Bonchev–Trinajstić information content (AvgIpc) is 2.74. The fourth-order valence-electron chi connectivity index (χ4n) is 3.39. The molecule has 0 bridgehead atoms. The molecule has 2 aromatic carbocycles. The highest BCUT2D eigenvalue weighted by Gasteiger charge is 2.21. The van der Waals surface area contributed by atoms with Crippen molar-refractivity contribution < 1.29 is 18.0 Å². The standard InChI is InChI=1S/C21H27N5O4S/c22-31(29,30)19-8-6-17(7-9-19)23-20(27)12-15-26-13-10-18(11-14-26)25-21(28)24-16-4-2-1-3-5-16/h1-9,18H,10-15H2,(H,23,27)(H2,22,29,30)(H2,24,25,28). The second kappa shape index (κ2) is 10.4. The minimum atomic E-state index is -3.75. The van der Waals surface area contributed by atoms with Crippen molar-refractivity contribution in [3.05, 3.63) is 54.6 Å². The number of urea groups is 1. The summed E-state index contributed by atoms with van der Waals surface area (Å²) >= 11 is 0. The fraction of sp³-hybridized carbons (Fsp3) is 0.333. The van der Waals surface area contributed by atoms with Crippen LogP contribution in [-0.2, 0) is 14.8 Å². The van der Waals surface area contributed by atoms with E-state index in [1.165, 1.54) is 24.3 Å². The number of sulfonamides is 1. The third-order valence-corrected chi connectivity index (χ3v) is 6.01. The molecule has 1 aliphatic heterocycles. The van der Waals surface area contributed by atoms with Crippen LogP contribution in [0, 0.1) is 0 Å². The van der Waals surface area contributed by atoms with Gasteiger partial charge in [0.25, 0.3) is 0 Å². The molecule has 1 aliphatic rings. The maximum absolute atomic E-state index is 12.2. The van der Waals surface area contributed by atoms with E-state index in [0.717, 1.165) is 31.6 Å². The maximum Gasteiger partial charge on any atom is 0.319 e. The van der Waals surface area contributed by atoms with Gasteiger partial charge in [0.1, 0.15) is 0 Å². The van der Waals surface area contributed by atoms with Gasteiger partial charge >= 0.3 is 6.03 Å². The van der Waals surface area contributed by atoms with Crippen LogP contribution in [0.15, 0.2) is 59.5 Å². The van der Waals surface area contributed by atoms with Crippen molar-refractivity contribution in [1.82, 2.24) is 10.2 Å². The normalized spacial score (nSPS) is 15.3. The second-order valence-electron chi connectivity index (χ2n) is 7.45. The molecule has 0 saturated carbocycles. The average molecular weight is 446 g/mol. The molecule has 166 valence electrons. The lowest BCUT2D eigenvalue weighted by atomic mass is 10.1. The number of piperidine rings is 1. The van der Waals surface area contributed by atoms with Gasteiger partial charge in [-0.05, 0) is 49.2 Å². The zero-order chi connectivity index (χ0) is 22.3. The Balaban J connectivity index is 1.35. The maximum atomic E-state index is 12.2. The first-order valence-electron chi connectivity index (χ1n) is 10.1. The second-order valence-corrected chi connectivity index (χ2v) is 9.01. The molecule has 3 amide bonds. The minimum absolute atomic E-state index is 0.000528. The molecule has 31 heavy (non-hydrogen) atoms. The molecule has 2 aromatic rings. The molecule has 5 N–H and O–H groups in total. The number of likely N-dealkylation sites (tertiary alicyclic amines) is 1. The summed E-state index contributed by atoms with van der Waals surface area (Å²) in [6, 6.07) is 14.9. The van der Waals surface area contributed by atoms with E-state index < -0.39 is 10.0 Å². The van der Waals surface area contributed by atoms with E-state index in [4.69, 9.17) is 5.14 Å². The summed E-state index contributed by atoms with van der Waals surface area (Å²) in [5, 5.41) is 13.6. The first-order valence-corrected chi connectivity index (χ1v) is 11.6. The van der Waals surface area contributed by atoms with Crippen LogP contribution in [0.2, 0.25) is 0 Å². The molecular weight excluding hydrogens is 418 g/mol. The molecule has 0 aliphatic carbocycles. The Hall–Kier alpha value is -2.95. The van der Waals surface area contributed by atoms with Crippen LogP contribution in [0.4, 0.5) is 16.2 Å². The summed E-state index contributed by atoms with van der Waals surface area (Å²) < 4.78 is 22.5. The number of primary sulfonamides is 1. The molecule has 0 aromatic heterocycles. The number of nitrogens with one attached hydrogen (secondary N) is 3. The lowest BCUT2D eigenvalue weighted by Crippen LogP contribution is -2.46. The monoisotopic (exact) mass is 445 g/mol. The quantitative estimate of drug-likeness (QED) is 0.517. The molecule has 1 heterocycles. The van der Waals surface area contributed by atoms with Crippen molar-refractivity contribution in [2.45, 2.75) is 30.2 Å². The van der Waals surface area contributed by atoms with Gasteiger partial charge in [0.05, 0.1) is 4.90 Å². The Bertz CT molecular complexity index is 988. The van der Waals surface area contributed by atoms with Gasteiger partial charge in [0.2, 0.25) is 15.9 Å². The van der Waals surface area contributed by atoms with E-state index in [1.54, 1.807) is 0 Å². The van der Waals surface area contributed by atoms with Gasteiger partial charge in [0, 0.05) is 43.5 Å². The number of hydrogen-bond acceptors (Lipinski definition) is 5. The van der Waals surface area contributed by atoms with Crippen molar-refractivity contribution in [3.8, 4) is 0 Å². The summed E-state index contributed by atoms with van der Waals surface area (Å²) in [5.74, 6) is -0.147. The third kappa shape index (κ3) is 7.35. The molecule has 0 spiro atoms. The van der Waals surface area contributed by atoms with E-state index in [2.05, 4.69) is 20.9 Å². The van der Waals surface area contributed by atoms with Gasteiger partial charge in [0.15, 0.2) is 0 Å². The van der Waals surface area contributed by atoms with E-state index in [9.17, 15) is 18.0 Å². The molecule has 1 fully saturated rings. The van der Waals surface area contributed by atoms with Crippen molar-refractivity contribution in [2.24, 2.45) is 5.14 Å². The number of benzene rings is 2. The van der Waals surface area contributed by atoms with Crippen LogP contribution in [0.5, 0.6) is 0 Å². The van der Waals surface area contributed by atoms with Crippen molar-refractivity contribution in [1.29, 1.82) is 0 Å². The number of amides is 3. The Labute approximate surface area is 182 Å². The van der Waals surface area contributed by atoms with Crippen LogP contribution in [0.3, 0.4) is 0 Å². The molecule has 0 radical (unpaired) electrons. The van der Waals surface area contributed by atoms with Crippen LogP contribution < -0.4 is 21.1 Å². The number of carbonyl (C=O) groups is 2. The first kappa shape index (κ1) is 22.7. The number of nitrogens with zero attached hydrogens (tertiary/aromatic N) is 1. The predicted octanol–water partition coefficient (Wildman–Crippen LogP) is 1.95. The van der Waals surface area contributed by atoms with Gasteiger partial charge in [-0.25, -0.2) is 18.4 Å². The highest BCUT2D eigenvalue weighted by Crippen LogP contribution is 2.14. The summed E-state index contributed by atoms with van der Waals surface area (Å²) in [4.78, 5) is 26.5. The van der Waals surface area contributed by atoms with Crippen LogP contribution in [-0.4, -0.2) is 50.9 Å². The van der Waals surface area contributed by atoms with Crippen LogP contribution in [0.1, 0.15) is 19.3 Å². The lowest BCUT2D eigenvalue weighted by Gasteiger charge is -2.32. The number of anilines is 2. The smallest absolute Gasteiger partial charge is 0.319 e. The number of hydrogen-bond donors (Lipinski definition) is 4. The van der Waals surface area contributed by atoms with Gasteiger partial charge in [-0.1, -0.05) is 18.2 Å². The summed E-state index contributed by atoms with van der Waals surface area (Å²) in [5.41, 5.74) is 1.27. The molecule has 0 atom stereocenters. The Morgan fingerprint density at radius 2 is 1.55 bits per heavy atom. The van der Waals surface area contributed by atoms with Gasteiger partial charge in [-0.3, -0.25) is 4.79 Å². The lowest BCUT2D eigenvalue weighted by molar-refractivity contribution is -0.116. The summed E-state index contributed by atoms with van der Waals surface area (Å²) in [6.45, 7) is 2.21. The number of para-hydroxylation sites is 1. The highest BCUT2D eigenvalue weighted by molar-refractivity contribution is 7.89. The fourth-order valence-corrected chi connectivity index (χ4v) is 3.90. The van der Waals surface area contributed by atoms with E-state index in [0.29, 0.717) is 18.7 Å². The van der Waals surface area contributed by atoms with Crippen LogP contribution >= 0.6 is 0 Å². The van der Waals surface area contributed by atoms with Gasteiger partial charge < -0.3 is 20.9 Å². The predicted molar refractivity (Wildman–Crippen MR) is 119 cm³/mol. The van der Waals surface area contributed by atoms with Crippen molar-refractivity contribution in [2.75, 3.05) is 30.3 Å². The highest BCUT2D eigenvalue weighted by atomic mass is 32.2. The number of rotatable bonds is 7. The summed E-state index contributed by atoms with van der Waals surface area (Å²) in [7, 11) is -3.75. The number of nitrogens with two attached hydrogens (primary N) is 1.